The van der Waals surface area contributed by atoms with Crippen LogP contribution in [0.4, 0.5) is 5.00 Å². The second-order valence-electron chi connectivity index (χ2n) is 4.40. The number of carbonyl (C=O) groups is 3. The van der Waals surface area contributed by atoms with Crippen molar-refractivity contribution in [3.63, 3.8) is 0 Å². The molecule has 0 bridgehead atoms. The smallest absolute Gasteiger partial charge is 0.377 e. The van der Waals surface area contributed by atoms with Gasteiger partial charge in [-0.1, -0.05) is 5.16 Å². The lowest BCUT2D eigenvalue weighted by Gasteiger charge is -2.12. The van der Waals surface area contributed by atoms with Gasteiger partial charge in [0.1, 0.15) is 5.00 Å². The number of aromatic nitrogens is 1. The van der Waals surface area contributed by atoms with E-state index in [1.165, 1.54) is 19.1 Å². The molecule has 2 amide bonds. The quantitative estimate of drug-likeness (QED) is 0.800. The monoisotopic (exact) mass is 323 g/mol. The van der Waals surface area contributed by atoms with Crippen molar-refractivity contribution in [3.8, 4) is 0 Å². The minimum Gasteiger partial charge on any atom is -0.447 e. The van der Waals surface area contributed by atoms with Crippen LogP contribution in [0.1, 0.15) is 33.5 Å². The van der Waals surface area contributed by atoms with Gasteiger partial charge < -0.3 is 20.3 Å². The summed E-state index contributed by atoms with van der Waals surface area (Å²) in [6.07, 6.45) is -1.08. The molecule has 2 heterocycles. The van der Waals surface area contributed by atoms with Gasteiger partial charge in [-0.15, -0.1) is 11.3 Å². The number of nitrogens with zero attached hydrogens (tertiary/aromatic N) is 1. The molecule has 2 aromatic heterocycles. The molecule has 2 rings (SSSR count). The Morgan fingerprint density at radius 2 is 2.18 bits per heavy atom. The van der Waals surface area contributed by atoms with Crippen molar-refractivity contribution in [3.05, 3.63) is 34.5 Å². The van der Waals surface area contributed by atoms with E-state index in [2.05, 4.69) is 10.5 Å². The van der Waals surface area contributed by atoms with Crippen LogP contribution in [0.2, 0.25) is 0 Å². The van der Waals surface area contributed by atoms with Crippen LogP contribution in [0.25, 0.3) is 0 Å². The van der Waals surface area contributed by atoms with Crippen molar-refractivity contribution in [2.24, 2.45) is 5.73 Å². The Labute approximate surface area is 129 Å². The van der Waals surface area contributed by atoms with Crippen molar-refractivity contribution in [1.82, 2.24) is 5.16 Å². The number of carbonyl (C=O) groups excluding carboxylic acids is 3. The lowest BCUT2D eigenvalue weighted by atomic mass is 10.3. The molecule has 3 N–H and O–H groups in total. The highest BCUT2D eigenvalue weighted by atomic mass is 32.1. The summed E-state index contributed by atoms with van der Waals surface area (Å²) in [5.74, 6) is -2.14. The summed E-state index contributed by atoms with van der Waals surface area (Å²) in [5.41, 5.74) is 5.90. The highest BCUT2D eigenvalue weighted by Crippen LogP contribution is 2.23. The Bertz CT molecular complexity index is 721. The van der Waals surface area contributed by atoms with Crippen LogP contribution >= 0.6 is 11.3 Å². The predicted molar refractivity (Wildman–Crippen MR) is 77.6 cm³/mol. The van der Waals surface area contributed by atoms with Crippen molar-refractivity contribution < 1.29 is 23.6 Å². The van der Waals surface area contributed by atoms with Gasteiger partial charge in [-0.25, -0.2) is 4.79 Å². The number of aryl methyl sites for hydroxylation is 1. The number of nitrogens with two attached hydrogens (primary N) is 1. The summed E-state index contributed by atoms with van der Waals surface area (Å²) >= 11 is 1.14. The number of amides is 2. The molecule has 22 heavy (non-hydrogen) atoms. The fourth-order valence-electron chi connectivity index (χ4n) is 1.55. The second-order valence-corrected chi connectivity index (χ2v) is 5.31. The summed E-state index contributed by atoms with van der Waals surface area (Å²) in [6.45, 7) is 3.05. The number of anilines is 1. The van der Waals surface area contributed by atoms with Gasteiger partial charge in [0.15, 0.2) is 6.10 Å². The van der Waals surface area contributed by atoms with Crippen LogP contribution in [0.3, 0.4) is 0 Å². The number of hydrogen-bond acceptors (Lipinski definition) is 7. The summed E-state index contributed by atoms with van der Waals surface area (Å²) in [4.78, 5) is 34.9. The molecule has 116 valence electrons. The fraction of sp³-hybridized carbons (Fsp3) is 0.231. The third-order valence-corrected chi connectivity index (χ3v) is 3.48. The highest BCUT2D eigenvalue weighted by molar-refractivity contribution is 7.14. The number of nitrogens with one attached hydrogen (secondary N) is 1. The van der Waals surface area contributed by atoms with Crippen molar-refractivity contribution in [2.75, 3.05) is 5.32 Å². The number of primary amides is 1. The molecule has 0 fully saturated rings. The average Bonchev–Trinajstić information content (AvgIpc) is 3.07. The Hall–Kier alpha value is -2.68. The van der Waals surface area contributed by atoms with Crippen molar-refractivity contribution in [1.29, 1.82) is 0 Å². The summed E-state index contributed by atoms with van der Waals surface area (Å²) < 4.78 is 9.71. The topological polar surface area (TPSA) is 125 Å². The number of rotatable bonds is 5. The Morgan fingerprint density at radius 3 is 2.77 bits per heavy atom. The molecule has 0 unspecified atom stereocenters. The zero-order valence-corrected chi connectivity index (χ0v) is 12.6. The van der Waals surface area contributed by atoms with Crippen LogP contribution in [0.5, 0.6) is 0 Å². The molecule has 0 spiro atoms. The van der Waals surface area contributed by atoms with Gasteiger partial charge in [0.25, 0.3) is 11.8 Å². The molecule has 2 aromatic rings. The molecule has 0 aromatic carbocycles. The van der Waals surface area contributed by atoms with E-state index in [4.69, 9.17) is 15.0 Å². The van der Waals surface area contributed by atoms with Gasteiger partial charge >= 0.3 is 5.97 Å². The molecule has 0 aliphatic carbocycles. The average molecular weight is 323 g/mol. The second kappa shape index (κ2) is 6.39. The number of ether oxygens (including phenoxy) is 1. The Kier molecular flexibility index (Phi) is 4.56. The fourth-order valence-corrected chi connectivity index (χ4v) is 2.34. The Morgan fingerprint density at radius 1 is 1.45 bits per heavy atom. The van der Waals surface area contributed by atoms with Gasteiger partial charge in [-0.2, -0.15) is 0 Å². The van der Waals surface area contributed by atoms with Gasteiger partial charge in [-0.3, -0.25) is 9.59 Å². The normalized spacial score (nSPS) is 11.7. The molecule has 8 nitrogen and oxygen atoms in total. The van der Waals surface area contributed by atoms with E-state index in [0.717, 1.165) is 11.3 Å². The summed E-state index contributed by atoms with van der Waals surface area (Å²) in [6, 6.07) is 2.90. The maximum absolute atomic E-state index is 12.0. The first-order valence-corrected chi connectivity index (χ1v) is 7.09. The van der Waals surface area contributed by atoms with Crippen LogP contribution in [-0.4, -0.2) is 29.0 Å². The molecule has 1 atom stereocenters. The van der Waals surface area contributed by atoms with Gasteiger partial charge in [0.2, 0.25) is 5.76 Å². The number of hydrogen-bond donors (Lipinski definition) is 2. The summed E-state index contributed by atoms with van der Waals surface area (Å²) in [7, 11) is 0. The SMILES string of the molecule is Cc1cc(C(=O)O[C@H](C)C(=O)Nc2sccc2C(N)=O)on1. The molecule has 9 heteroatoms. The van der Waals surface area contributed by atoms with E-state index in [-0.39, 0.29) is 11.3 Å². The predicted octanol–water partition coefficient (Wildman–Crippen LogP) is 1.33. The molecule has 0 radical (unpaired) electrons. The van der Waals surface area contributed by atoms with E-state index in [1.54, 1.807) is 12.3 Å². The first kappa shape index (κ1) is 15.7. The molecular formula is C13H13N3O5S. The zero-order valence-electron chi connectivity index (χ0n) is 11.8. The maximum atomic E-state index is 12.0. The van der Waals surface area contributed by atoms with E-state index < -0.39 is 23.9 Å². The first-order chi connectivity index (χ1) is 10.4. The lowest BCUT2D eigenvalue weighted by molar-refractivity contribution is -0.123. The maximum Gasteiger partial charge on any atom is 0.377 e. The standard InChI is InChI=1S/C13H13N3O5S/c1-6-5-9(21-16-6)13(19)20-7(2)11(18)15-12-8(10(14)17)3-4-22-12/h3-5,7H,1-2H3,(H2,14,17)(H,15,18)/t7-/m1/s1. The van der Waals surface area contributed by atoms with Crippen molar-refractivity contribution >= 4 is 34.1 Å². The minimum atomic E-state index is -1.08. The minimum absolute atomic E-state index is 0.0916. The van der Waals surface area contributed by atoms with E-state index in [0.29, 0.717) is 10.7 Å². The highest BCUT2D eigenvalue weighted by Gasteiger charge is 2.23. The van der Waals surface area contributed by atoms with Crippen LogP contribution in [0.15, 0.2) is 22.0 Å². The van der Waals surface area contributed by atoms with Crippen LogP contribution in [-0.2, 0) is 9.53 Å². The molecule has 0 aliphatic heterocycles. The van der Waals surface area contributed by atoms with Gasteiger partial charge in [0, 0.05) is 6.07 Å². The van der Waals surface area contributed by atoms with E-state index in [1.807, 2.05) is 0 Å². The van der Waals surface area contributed by atoms with E-state index >= 15 is 0 Å². The Balaban J connectivity index is 1.99. The molecule has 0 aliphatic rings. The van der Waals surface area contributed by atoms with Gasteiger partial charge in [-0.05, 0) is 25.3 Å². The van der Waals surface area contributed by atoms with Gasteiger partial charge in [0.05, 0.1) is 11.3 Å². The molecule has 0 saturated heterocycles. The molecule has 0 saturated carbocycles. The van der Waals surface area contributed by atoms with Crippen molar-refractivity contribution in [2.45, 2.75) is 20.0 Å². The number of thiophene rings is 1. The molecular weight excluding hydrogens is 310 g/mol. The third kappa shape index (κ3) is 3.50. The van der Waals surface area contributed by atoms with E-state index in [9.17, 15) is 14.4 Å². The zero-order chi connectivity index (χ0) is 16.3. The largest absolute Gasteiger partial charge is 0.447 e. The van der Waals surface area contributed by atoms with Crippen LogP contribution < -0.4 is 11.1 Å². The summed E-state index contributed by atoms with van der Waals surface area (Å²) in [5, 5.41) is 7.96. The lowest BCUT2D eigenvalue weighted by Crippen LogP contribution is -2.30. The first-order valence-electron chi connectivity index (χ1n) is 6.21. The third-order valence-electron chi connectivity index (χ3n) is 2.65. The number of esters is 1. The van der Waals surface area contributed by atoms with Crippen LogP contribution in [0, 0.1) is 6.92 Å².